The molecule has 1 rings (SSSR count). The molecule has 0 aliphatic heterocycles. The number of rotatable bonds is 6. The summed E-state index contributed by atoms with van der Waals surface area (Å²) in [6.07, 6.45) is 4.48. The molecule has 0 amide bonds. The number of carbonyl (C=O) groups is 1. The van der Waals surface area contributed by atoms with Gasteiger partial charge in [-0.1, -0.05) is 6.07 Å². The van der Waals surface area contributed by atoms with Crippen molar-refractivity contribution in [3.05, 3.63) is 30.1 Å². The molecule has 0 aromatic carbocycles. The zero-order chi connectivity index (χ0) is 12.9. The lowest BCUT2D eigenvalue weighted by Gasteiger charge is -2.26. The molecule has 0 bridgehead atoms. The summed E-state index contributed by atoms with van der Waals surface area (Å²) < 4.78 is 0. The fourth-order valence-corrected chi connectivity index (χ4v) is 1.69. The fourth-order valence-electron chi connectivity index (χ4n) is 1.69. The third kappa shape index (κ3) is 4.53. The Kier molecular flexibility index (Phi) is 4.63. The van der Waals surface area contributed by atoms with E-state index in [0.29, 0.717) is 6.54 Å². The Morgan fingerprint density at radius 1 is 1.53 bits per heavy atom. The largest absolute Gasteiger partial charge is 0.481 e. The maximum absolute atomic E-state index is 11.0. The Morgan fingerprint density at radius 3 is 2.76 bits per heavy atom. The molecular formula is C13H20N2O2. The van der Waals surface area contributed by atoms with E-state index in [0.717, 1.165) is 13.0 Å². The van der Waals surface area contributed by atoms with Gasteiger partial charge in [0.05, 0.1) is 5.41 Å². The summed E-state index contributed by atoms with van der Waals surface area (Å²) in [6, 6.07) is 3.94. The van der Waals surface area contributed by atoms with Crippen LogP contribution in [-0.2, 0) is 11.2 Å². The summed E-state index contributed by atoms with van der Waals surface area (Å²) in [7, 11) is 1.95. The van der Waals surface area contributed by atoms with E-state index in [1.807, 2.05) is 30.3 Å². The molecule has 0 aliphatic rings. The molecule has 94 valence electrons. The number of hydrogen-bond acceptors (Lipinski definition) is 3. The molecule has 1 N–H and O–H groups in total. The lowest BCUT2D eigenvalue weighted by molar-refractivity contribution is -0.147. The van der Waals surface area contributed by atoms with Crippen LogP contribution >= 0.6 is 0 Å². The van der Waals surface area contributed by atoms with Gasteiger partial charge in [0.1, 0.15) is 0 Å². The van der Waals surface area contributed by atoms with Gasteiger partial charge in [-0.05, 0) is 38.9 Å². The van der Waals surface area contributed by atoms with Gasteiger partial charge >= 0.3 is 5.97 Å². The molecule has 4 nitrogen and oxygen atoms in total. The van der Waals surface area contributed by atoms with Gasteiger partial charge in [-0.2, -0.15) is 0 Å². The molecule has 1 aromatic rings. The molecule has 17 heavy (non-hydrogen) atoms. The average molecular weight is 236 g/mol. The third-order valence-corrected chi connectivity index (χ3v) is 2.75. The van der Waals surface area contributed by atoms with Crippen LogP contribution in [0.5, 0.6) is 0 Å². The summed E-state index contributed by atoms with van der Waals surface area (Å²) in [5.41, 5.74) is 0.469. The second-order valence-electron chi connectivity index (χ2n) is 5.04. The maximum Gasteiger partial charge on any atom is 0.310 e. The van der Waals surface area contributed by atoms with Crippen molar-refractivity contribution in [2.24, 2.45) is 5.41 Å². The zero-order valence-corrected chi connectivity index (χ0v) is 10.7. The van der Waals surface area contributed by atoms with Crippen LogP contribution in [0.25, 0.3) is 0 Å². The van der Waals surface area contributed by atoms with Crippen molar-refractivity contribution in [2.45, 2.75) is 20.3 Å². The Bertz CT molecular complexity index is 363. The monoisotopic (exact) mass is 236 g/mol. The third-order valence-electron chi connectivity index (χ3n) is 2.75. The molecular weight excluding hydrogens is 216 g/mol. The number of carboxylic acid groups (broad SMARTS) is 1. The molecule has 1 aromatic heterocycles. The molecule has 4 heteroatoms. The van der Waals surface area contributed by atoms with Crippen LogP contribution in [0.3, 0.4) is 0 Å². The van der Waals surface area contributed by atoms with Crippen LogP contribution < -0.4 is 0 Å². The smallest absolute Gasteiger partial charge is 0.310 e. The van der Waals surface area contributed by atoms with Gasteiger partial charge in [0.25, 0.3) is 0 Å². The lowest BCUT2D eigenvalue weighted by Crippen LogP contribution is -2.38. The zero-order valence-electron chi connectivity index (χ0n) is 10.7. The van der Waals surface area contributed by atoms with E-state index < -0.39 is 11.4 Å². The minimum absolute atomic E-state index is 0.544. The number of carboxylic acids is 1. The van der Waals surface area contributed by atoms with Crippen molar-refractivity contribution in [2.75, 3.05) is 20.1 Å². The van der Waals surface area contributed by atoms with Crippen LogP contribution in [0.2, 0.25) is 0 Å². The number of aliphatic carboxylic acids is 1. The first-order valence-electron chi connectivity index (χ1n) is 5.72. The Balaban J connectivity index is 2.41. The predicted molar refractivity (Wildman–Crippen MR) is 66.9 cm³/mol. The number of nitrogens with zero attached hydrogens (tertiary/aromatic N) is 2. The van der Waals surface area contributed by atoms with E-state index in [2.05, 4.69) is 4.98 Å². The van der Waals surface area contributed by atoms with Crippen molar-refractivity contribution in [3.8, 4) is 0 Å². The first kappa shape index (κ1) is 13.6. The number of likely N-dealkylation sites (N-methyl/N-ethyl adjacent to an activating group) is 1. The summed E-state index contributed by atoms with van der Waals surface area (Å²) in [5.74, 6) is -0.759. The van der Waals surface area contributed by atoms with Crippen molar-refractivity contribution in [1.82, 2.24) is 9.88 Å². The van der Waals surface area contributed by atoms with Gasteiger partial charge in [-0.25, -0.2) is 0 Å². The van der Waals surface area contributed by atoms with Crippen LogP contribution in [0, 0.1) is 5.41 Å². The highest BCUT2D eigenvalue weighted by molar-refractivity contribution is 5.73. The highest BCUT2D eigenvalue weighted by Crippen LogP contribution is 2.16. The summed E-state index contributed by atoms with van der Waals surface area (Å²) >= 11 is 0. The molecule has 0 aliphatic carbocycles. The van der Waals surface area contributed by atoms with E-state index in [1.54, 1.807) is 20.0 Å². The van der Waals surface area contributed by atoms with Crippen molar-refractivity contribution in [3.63, 3.8) is 0 Å². The topological polar surface area (TPSA) is 53.4 Å². The molecule has 1 heterocycles. The first-order valence-corrected chi connectivity index (χ1v) is 5.72. The molecule has 0 saturated carbocycles. The number of aromatic nitrogens is 1. The van der Waals surface area contributed by atoms with Crippen molar-refractivity contribution >= 4 is 5.97 Å². The predicted octanol–water partition coefficient (Wildman–Crippen LogP) is 1.67. The average Bonchev–Trinajstić information content (AvgIpc) is 2.27. The minimum atomic E-state index is -0.759. The summed E-state index contributed by atoms with van der Waals surface area (Å²) in [6.45, 7) is 4.87. The molecule has 0 saturated heterocycles. The van der Waals surface area contributed by atoms with E-state index in [1.165, 1.54) is 5.56 Å². The molecule has 0 unspecified atom stereocenters. The van der Waals surface area contributed by atoms with E-state index in [-0.39, 0.29) is 0 Å². The van der Waals surface area contributed by atoms with Crippen LogP contribution in [0.1, 0.15) is 19.4 Å². The molecule has 0 fully saturated rings. The van der Waals surface area contributed by atoms with E-state index in [9.17, 15) is 4.79 Å². The second kappa shape index (κ2) is 5.77. The van der Waals surface area contributed by atoms with Crippen molar-refractivity contribution in [1.29, 1.82) is 0 Å². The van der Waals surface area contributed by atoms with Gasteiger partial charge in [0.2, 0.25) is 0 Å². The highest BCUT2D eigenvalue weighted by Gasteiger charge is 2.28. The molecule has 0 spiro atoms. The van der Waals surface area contributed by atoms with Crippen LogP contribution in [0.15, 0.2) is 24.5 Å². The minimum Gasteiger partial charge on any atom is -0.481 e. The highest BCUT2D eigenvalue weighted by atomic mass is 16.4. The number of hydrogen-bond donors (Lipinski definition) is 1. The first-order chi connectivity index (χ1) is 7.92. The van der Waals surface area contributed by atoms with Gasteiger partial charge in [0.15, 0.2) is 0 Å². The Hall–Kier alpha value is -1.42. The fraction of sp³-hybridized carbons (Fsp3) is 0.538. The van der Waals surface area contributed by atoms with Crippen molar-refractivity contribution < 1.29 is 9.90 Å². The lowest BCUT2D eigenvalue weighted by atomic mass is 9.93. The van der Waals surface area contributed by atoms with Crippen LogP contribution in [0.4, 0.5) is 0 Å². The summed E-state index contributed by atoms with van der Waals surface area (Å²) in [4.78, 5) is 17.1. The maximum atomic E-state index is 11.0. The van der Waals surface area contributed by atoms with Gasteiger partial charge in [-0.15, -0.1) is 0 Å². The van der Waals surface area contributed by atoms with Gasteiger partial charge in [0, 0.05) is 25.5 Å². The SMILES string of the molecule is CN(CCc1cccnc1)CC(C)(C)C(=O)O. The van der Waals surface area contributed by atoms with Gasteiger partial charge < -0.3 is 10.0 Å². The van der Waals surface area contributed by atoms with E-state index in [4.69, 9.17) is 5.11 Å². The van der Waals surface area contributed by atoms with Gasteiger partial charge in [-0.3, -0.25) is 9.78 Å². The Labute approximate surface area is 102 Å². The van der Waals surface area contributed by atoms with E-state index >= 15 is 0 Å². The second-order valence-corrected chi connectivity index (χ2v) is 5.04. The quantitative estimate of drug-likeness (QED) is 0.816. The normalized spacial score (nSPS) is 11.8. The molecule has 0 radical (unpaired) electrons. The number of pyridine rings is 1. The van der Waals surface area contributed by atoms with Crippen LogP contribution in [-0.4, -0.2) is 41.1 Å². The Morgan fingerprint density at radius 2 is 2.24 bits per heavy atom. The summed E-state index contributed by atoms with van der Waals surface area (Å²) in [5, 5.41) is 9.04. The molecule has 0 atom stereocenters. The standard InChI is InChI=1S/C13H20N2O2/c1-13(2,12(16)17)10-15(3)8-6-11-5-4-7-14-9-11/h4-5,7,9H,6,8,10H2,1-3H3,(H,16,17).